The van der Waals surface area contributed by atoms with Gasteiger partial charge in [-0.2, -0.15) is 0 Å². The number of fused-ring (bicyclic) bond motifs is 9. The highest BCUT2D eigenvalue weighted by atomic mass is 15.2. The fraction of sp³-hybridized carbons (Fsp3) is 0.288. The van der Waals surface area contributed by atoms with E-state index in [0.29, 0.717) is 0 Å². The first kappa shape index (κ1) is 51.3. The van der Waals surface area contributed by atoms with Gasteiger partial charge in [-0.05, 0) is 161 Å². The number of benzene rings is 9. The van der Waals surface area contributed by atoms with Crippen LogP contribution in [-0.4, -0.2) is 11.3 Å². The van der Waals surface area contributed by atoms with E-state index in [2.05, 4.69) is 306 Å². The molecule has 0 bridgehead atoms. The minimum atomic E-state index is -0.168. The van der Waals surface area contributed by atoms with Crippen molar-refractivity contribution in [3.8, 4) is 0 Å². The molecule has 0 radical (unpaired) electrons. The highest BCUT2D eigenvalue weighted by Gasteiger charge is 2.46. The van der Waals surface area contributed by atoms with Gasteiger partial charge in [-0.1, -0.05) is 201 Å². The SMILES string of the molecule is Cn1c2ccccc2c2c(N(c3ccc(C(C)(C)C)cc3)c3ccc(C(C)(C)C)cc3)ccc(N3c4cc(C(C)(C)C)cc5c4B(c4cc(C(C)(C)C)ccc4N5c4ccc(C(C)(C)C)cc4)c4c3ccc3ccccc43)c21. The monoisotopic (exact) mass is 1020 g/mol. The first-order chi connectivity index (χ1) is 36.8. The number of hydrogen-bond acceptors (Lipinski definition) is 3. The summed E-state index contributed by atoms with van der Waals surface area (Å²) in [6.45, 7) is 34.8. The molecule has 0 saturated heterocycles. The molecule has 78 heavy (non-hydrogen) atoms. The van der Waals surface area contributed by atoms with Crippen molar-refractivity contribution in [2.75, 3.05) is 14.7 Å². The van der Waals surface area contributed by atoms with Crippen molar-refractivity contribution in [1.29, 1.82) is 0 Å². The molecule has 0 aliphatic carbocycles. The topological polar surface area (TPSA) is 14.7 Å². The van der Waals surface area contributed by atoms with Gasteiger partial charge in [0.05, 0.1) is 16.9 Å². The smallest absolute Gasteiger partial charge is 0.252 e. The van der Waals surface area contributed by atoms with Crippen molar-refractivity contribution in [3.63, 3.8) is 0 Å². The van der Waals surface area contributed by atoms with E-state index in [4.69, 9.17) is 0 Å². The van der Waals surface area contributed by atoms with E-state index in [9.17, 15) is 0 Å². The predicted octanol–water partition coefficient (Wildman–Crippen LogP) is 18.5. The van der Waals surface area contributed by atoms with Crippen molar-refractivity contribution < 1.29 is 0 Å². The Hall–Kier alpha value is -7.50. The van der Waals surface area contributed by atoms with Crippen LogP contribution in [0, 0.1) is 0 Å². The Morgan fingerprint density at radius 2 is 0.846 bits per heavy atom. The summed E-state index contributed by atoms with van der Waals surface area (Å²) in [5.41, 5.74) is 23.4. The molecule has 2 aliphatic heterocycles. The molecule has 5 heteroatoms. The molecule has 4 nitrogen and oxygen atoms in total. The highest BCUT2D eigenvalue weighted by molar-refractivity contribution is 7.01. The number of aromatic nitrogens is 1. The van der Waals surface area contributed by atoms with Crippen molar-refractivity contribution in [3.05, 3.63) is 204 Å². The molecule has 392 valence electrons. The summed E-state index contributed by atoms with van der Waals surface area (Å²) in [6.07, 6.45) is 0. The molecular formula is C73H77BN4. The Bertz CT molecular complexity index is 3930. The maximum Gasteiger partial charge on any atom is 0.252 e. The summed E-state index contributed by atoms with van der Waals surface area (Å²) in [5.74, 6) is 0. The van der Waals surface area contributed by atoms with E-state index in [1.165, 1.54) is 105 Å². The van der Waals surface area contributed by atoms with Crippen LogP contribution in [0.3, 0.4) is 0 Å². The molecule has 0 fully saturated rings. The van der Waals surface area contributed by atoms with Crippen LogP contribution in [0.5, 0.6) is 0 Å². The maximum absolute atomic E-state index is 2.66. The first-order valence-electron chi connectivity index (χ1n) is 28.4. The van der Waals surface area contributed by atoms with Gasteiger partial charge in [-0.15, -0.1) is 0 Å². The van der Waals surface area contributed by atoms with E-state index in [0.717, 1.165) is 22.7 Å². The van der Waals surface area contributed by atoms with Gasteiger partial charge in [0.15, 0.2) is 0 Å². The van der Waals surface area contributed by atoms with Gasteiger partial charge in [0, 0.05) is 63.1 Å². The van der Waals surface area contributed by atoms with Crippen LogP contribution in [0.25, 0.3) is 32.6 Å². The van der Waals surface area contributed by atoms with Crippen LogP contribution in [0.4, 0.5) is 51.2 Å². The number of para-hydroxylation sites is 1. The number of nitrogens with zero attached hydrogens (tertiary/aromatic N) is 4. The molecular weight excluding hydrogens is 944 g/mol. The lowest BCUT2D eigenvalue weighted by molar-refractivity contribution is 0.589. The Morgan fingerprint density at radius 1 is 0.372 bits per heavy atom. The van der Waals surface area contributed by atoms with E-state index >= 15 is 0 Å². The summed E-state index contributed by atoms with van der Waals surface area (Å²) < 4.78 is 2.47. The van der Waals surface area contributed by atoms with E-state index in [-0.39, 0.29) is 33.8 Å². The number of anilines is 9. The third kappa shape index (κ3) is 8.34. The molecule has 1 aromatic heterocycles. The molecule has 0 N–H and O–H groups in total. The number of rotatable bonds is 5. The lowest BCUT2D eigenvalue weighted by Crippen LogP contribution is -2.62. The van der Waals surface area contributed by atoms with Crippen LogP contribution >= 0.6 is 0 Å². The van der Waals surface area contributed by atoms with Gasteiger partial charge in [-0.3, -0.25) is 0 Å². The molecule has 2 aliphatic rings. The zero-order chi connectivity index (χ0) is 55.2. The zero-order valence-electron chi connectivity index (χ0n) is 49.1. The summed E-state index contributed by atoms with van der Waals surface area (Å²) in [6, 6.07) is 68.2. The molecule has 3 heterocycles. The van der Waals surface area contributed by atoms with Gasteiger partial charge in [-0.25, -0.2) is 0 Å². The molecule has 0 saturated carbocycles. The lowest BCUT2D eigenvalue weighted by atomic mass is 9.32. The molecule has 10 aromatic rings. The third-order valence-corrected chi connectivity index (χ3v) is 17.2. The van der Waals surface area contributed by atoms with Crippen LogP contribution < -0.4 is 31.1 Å². The van der Waals surface area contributed by atoms with Crippen molar-refractivity contribution in [2.24, 2.45) is 7.05 Å². The van der Waals surface area contributed by atoms with Crippen LogP contribution in [-0.2, 0) is 34.1 Å². The predicted molar refractivity (Wildman–Crippen MR) is 340 cm³/mol. The second-order valence-electron chi connectivity index (χ2n) is 27.7. The second-order valence-corrected chi connectivity index (χ2v) is 27.7. The minimum absolute atomic E-state index is 0.0195. The fourth-order valence-corrected chi connectivity index (χ4v) is 12.6. The van der Waals surface area contributed by atoms with E-state index in [1.807, 2.05) is 0 Å². The van der Waals surface area contributed by atoms with Gasteiger partial charge < -0.3 is 19.3 Å². The Labute approximate surface area is 465 Å². The van der Waals surface area contributed by atoms with Gasteiger partial charge in [0.1, 0.15) is 0 Å². The van der Waals surface area contributed by atoms with Crippen molar-refractivity contribution in [1.82, 2.24) is 4.57 Å². The quantitative estimate of drug-likeness (QED) is 0.160. The van der Waals surface area contributed by atoms with E-state index < -0.39 is 0 Å². The van der Waals surface area contributed by atoms with Crippen LogP contribution in [0.2, 0.25) is 0 Å². The van der Waals surface area contributed by atoms with Crippen LogP contribution in [0.15, 0.2) is 176 Å². The largest absolute Gasteiger partial charge is 0.342 e. The molecule has 9 aromatic carbocycles. The maximum atomic E-state index is 2.66. The van der Waals surface area contributed by atoms with Crippen molar-refractivity contribution in [2.45, 2.75) is 131 Å². The fourth-order valence-electron chi connectivity index (χ4n) is 12.6. The number of aryl methyl sites for hydroxylation is 1. The number of hydrogen-bond donors (Lipinski definition) is 0. The summed E-state index contributed by atoms with van der Waals surface area (Å²) in [4.78, 5) is 7.76. The normalized spacial score (nSPS) is 13.8. The second kappa shape index (κ2) is 17.8. The molecule has 0 atom stereocenters. The Kier molecular flexibility index (Phi) is 11.7. The van der Waals surface area contributed by atoms with Gasteiger partial charge in [0.25, 0.3) is 6.71 Å². The Balaban J connectivity index is 1.20. The third-order valence-electron chi connectivity index (χ3n) is 17.2. The zero-order valence-corrected chi connectivity index (χ0v) is 49.1. The average molecular weight is 1020 g/mol. The molecule has 0 unspecified atom stereocenters. The Morgan fingerprint density at radius 3 is 1.41 bits per heavy atom. The average Bonchev–Trinajstić information content (AvgIpc) is 3.84. The van der Waals surface area contributed by atoms with Crippen molar-refractivity contribution >= 4 is 107 Å². The first-order valence-corrected chi connectivity index (χ1v) is 28.4. The van der Waals surface area contributed by atoms with Gasteiger partial charge in [0.2, 0.25) is 0 Å². The van der Waals surface area contributed by atoms with E-state index in [1.54, 1.807) is 0 Å². The lowest BCUT2D eigenvalue weighted by Gasteiger charge is -2.46. The molecule has 12 rings (SSSR count). The summed E-state index contributed by atoms with van der Waals surface area (Å²) >= 11 is 0. The van der Waals surface area contributed by atoms with Crippen LogP contribution in [0.1, 0.15) is 132 Å². The highest BCUT2D eigenvalue weighted by Crippen LogP contribution is 2.52. The molecule has 0 amide bonds. The summed E-state index contributed by atoms with van der Waals surface area (Å²) in [7, 11) is 2.28. The standard InChI is InChI=1S/C73H77BN4/c1-69(2,3)47-26-33-52(34-27-47)76(53-35-28-48(29-36-53)70(4,5)6)60-41-42-62(68-65(60)56-23-19-20-24-58(56)75(68)16)78-61-39-25-46-21-17-18-22-55(46)66(61)74-57-43-50(72(10,11)12)32-40-59(57)77(54-37-30-49(31-38-54)71(7,8)9)63-44-51(73(13,14)15)45-64(78)67(63)74/h17-45H,1-16H3. The minimum Gasteiger partial charge on any atom is -0.342 e. The summed E-state index contributed by atoms with van der Waals surface area (Å²) in [5, 5.41) is 4.97. The van der Waals surface area contributed by atoms with Gasteiger partial charge >= 0.3 is 0 Å². The molecule has 0 spiro atoms.